The predicted octanol–water partition coefficient (Wildman–Crippen LogP) is 4.31. The van der Waals surface area contributed by atoms with Crippen molar-refractivity contribution in [2.45, 2.75) is 58.5 Å². The van der Waals surface area contributed by atoms with Crippen LogP contribution in [0.3, 0.4) is 0 Å². The average Bonchev–Trinajstić information content (AvgIpc) is 2.38. The fourth-order valence-electron chi connectivity index (χ4n) is 3.15. The Morgan fingerprint density at radius 3 is 2.75 bits per heavy atom. The molecule has 0 N–H and O–H groups in total. The third-order valence-corrected chi connectivity index (χ3v) is 4.28. The van der Waals surface area contributed by atoms with E-state index in [1.807, 2.05) is 13.8 Å². The maximum absolute atomic E-state index is 11.9. The third-order valence-electron chi connectivity index (χ3n) is 4.28. The third kappa shape index (κ3) is 2.79. The van der Waals surface area contributed by atoms with Crippen LogP contribution in [0, 0.1) is 6.92 Å². The van der Waals surface area contributed by atoms with Gasteiger partial charge in [0.1, 0.15) is 5.60 Å². The maximum Gasteiger partial charge on any atom is 0.333 e. The summed E-state index contributed by atoms with van der Waals surface area (Å²) in [6, 6.07) is 6.44. The first-order valence-corrected chi connectivity index (χ1v) is 7.30. The molecule has 2 nitrogen and oxygen atoms in total. The van der Waals surface area contributed by atoms with Crippen LogP contribution in [0.5, 0.6) is 0 Å². The molecule has 0 saturated carbocycles. The Labute approximate surface area is 121 Å². The molecule has 0 heterocycles. The van der Waals surface area contributed by atoms with E-state index in [-0.39, 0.29) is 11.9 Å². The summed E-state index contributed by atoms with van der Waals surface area (Å²) in [5.41, 5.74) is 4.07. The minimum Gasteiger partial charge on any atom is -0.456 e. The monoisotopic (exact) mass is 272 g/mol. The molecule has 0 radical (unpaired) electrons. The van der Waals surface area contributed by atoms with E-state index in [0.29, 0.717) is 5.57 Å². The lowest BCUT2D eigenvalue weighted by Crippen LogP contribution is -2.37. The molecule has 1 unspecified atom stereocenters. The van der Waals surface area contributed by atoms with Crippen LogP contribution in [0.4, 0.5) is 0 Å². The molecule has 0 aromatic heterocycles. The fourth-order valence-corrected chi connectivity index (χ4v) is 3.15. The van der Waals surface area contributed by atoms with Gasteiger partial charge in [0.2, 0.25) is 0 Å². The van der Waals surface area contributed by atoms with Crippen LogP contribution in [-0.4, -0.2) is 11.6 Å². The van der Waals surface area contributed by atoms with Gasteiger partial charge in [0.25, 0.3) is 0 Å². The number of fused-ring (bicyclic) bond motifs is 1. The summed E-state index contributed by atoms with van der Waals surface area (Å²) < 4.78 is 5.70. The minimum atomic E-state index is -0.501. The second-order valence-electron chi connectivity index (χ2n) is 6.36. The first-order chi connectivity index (χ1) is 9.33. The van der Waals surface area contributed by atoms with Crippen LogP contribution in [0.15, 0.2) is 30.4 Å². The normalized spacial score (nSPS) is 18.3. The van der Waals surface area contributed by atoms with Crippen LogP contribution in [-0.2, 0) is 16.0 Å². The molecule has 1 aromatic rings. The van der Waals surface area contributed by atoms with E-state index in [2.05, 4.69) is 31.7 Å². The second-order valence-corrected chi connectivity index (χ2v) is 6.36. The number of carbonyl (C=O) groups excluding carboxylic acids is 1. The molecule has 2 heteroatoms. The van der Waals surface area contributed by atoms with Gasteiger partial charge < -0.3 is 4.74 Å². The van der Waals surface area contributed by atoms with E-state index in [1.54, 1.807) is 6.92 Å². The molecular weight excluding hydrogens is 248 g/mol. The van der Waals surface area contributed by atoms with E-state index in [4.69, 9.17) is 4.74 Å². The summed E-state index contributed by atoms with van der Waals surface area (Å²) in [4.78, 5) is 11.9. The van der Waals surface area contributed by atoms with Crippen molar-refractivity contribution in [1.29, 1.82) is 0 Å². The van der Waals surface area contributed by atoms with Crippen molar-refractivity contribution >= 4 is 5.97 Å². The van der Waals surface area contributed by atoms with Crippen molar-refractivity contribution in [3.63, 3.8) is 0 Å². The molecule has 0 bridgehead atoms. The molecule has 1 aromatic carbocycles. The first-order valence-electron chi connectivity index (χ1n) is 7.30. The highest BCUT2D eigenvalue weighted by atomic mass is 16.6. The summed E-state index contributed by atoms with van der Waals surface area (Å²) in [5, 5.41) is 0. The zero-order valence-corrected chi connectivity index (χ0v) is 13.0. The van der Waals surface area contributed by atoms with Crippen molar-refractivity contribution < 1.29 is 9.53 Å². The Kier molecular flexibility index (Phi) is 4.03. The van der Waals surface area contributed by atoms with E-state index >= 15 is 0 Å². The van der Waals surface area contributed by atoms with Gasteiger partial charge in [-0.25, -0.2) is 4.79 Å². The molecular formula is C18H24O2. The molecule has 1 atom stereocenters. The Hall–Kier alpha value is -1.57. The maximum atomic E-state index is 11.9. The van der Waals surface area contributed by atoms with Gasteiger partial charge in [-0.3, -0.25) is 0 Å². The zero-order chi connectivity index (χ0) is 14.9. The highest BCUT2D eigenvalue weighted by Crippen LogP contribution is 2.41. The fraction of sp³-hybridized carbons (Fsp3) is 0.500. The highest BCUT2D eigenvalue weighted by Gasteiger charge is 2.37. The SMILES string of the molecule is C=C(C)C(=O)OC(C)(C)C1CCCc2c(C)cccc21. The predicted molar refractivity (Wildman–Crippen MR) is 81.8 cm³/mol. The van der Waals surface area contributed by atoms with Gasteiger partial charge in [0.15, 0.2) is 0 Å². The summed E-state index contributed by atoms with van der Waals surface area (Å²) >= 11 is 0. The summed E-state index contributed by atoms with van der Waals surface area (Å²) in [5.74, 6) is -0.0378. The molecule has 0 fully saturated rings. The number of aryl methyl sites for hydroxylation is 1. The number of rotatable bonds is 3. The Bertz CT molecular complexity index is 540. The van der Waals surface area contributed by atoms with Gasteiger partial charge in [0, 0.05) is 11.5 Å². The molecule has 0 amide bonds. The van der Waals surface area contributed by atoms with Gasteiger partial charge in [-0.2, -0.15) is 0 Å². The van der Waals surface area contributed by atoms with Crippen molar-refractivity contribution in [2.75, 3.05) is 0 Å². The first kappa shape index (κ1) is 14.8. The number of hydrogen-bond acceptors (Lipinski definition) is 2. The lowest BCUT2D eigenvalue weighted by atomic mass is 9.73. The lowest BCUT2D eigenvalue weighted by molar-refractivity contribution is -0.154. The quantitative estimate of drug-likeness (QED) is 0.605. The number of ether oxygens (including phenoxy) is 1. The molecule has 0 spiro atoms. The largest absolute Gasteiger partial charge is 0.456 e. The summed E-state index contributed by atoms with van der Waals surface area (Å²) in [7, 11) is 0. The van der Waals surface area contributed by atoms with Crippen molar-refractivity contribution in [3.8, 4) is 0 Å². The van der Waals surface area contributed by atoms with Gasteiger partial charge >= 0.3 is 5.97 Å². The smallest absolute Gasteiger partial charge is 0.333 e. The molecule has 2 rings (SSSR count). The Morgan fingerprint density at radius 2 is 2.10 bits per heavy atom. The second kappa shape index (κ2) is 5.43. The summed E-state index contributed by atoms with van der Waals surface area (Å²) in [6.07, 6.45) is 3.34. The summed E-state index contributed by atoms with van der Waals surface area (Å²) in [6.45, 7) is 11.5. The molecule has 1 aliphatic carbocycles. The van der Waals surface area contributed by atoms with Crippen LogP contribution >= 0.6 is 0 Å². The van der Waals surface area contributed by atoms with Crippen molar-refractivity contribution in [1.82, 2.24) is 0 Å². The molecule has 20 heavy (non-hydrogen) atoms. The lowest BCUT2D eigenvalue weighted by Gasteiger charge is -2.38. The van der Waals surface area contributed by atoms with Crippen molar-refractivity contribution in [2.24, 2.45) is 0 Å². The molecule has 108 valence electrons. The number of hydrogen-bond donors (Lipinski definition) is 0. The minimum absolute atomic E-state index is 0.259. The van der Waals surface area contributed by atoms with Gasteiger partial charge in [-0.15, -0.1) is 0 Å². The topological polar surface area (TPSA) is 26.3 Å². The van der Waals surface area contributed by atoms with Gasteiger partial charge in [-0.05, 0) is 63.6 Å². The van der Waals surface area contributed by atoms with E-state index in [1.165, 1.54) is 16.7 Å². The molecule has 0 saturated heterocycles. The standard InChI is InChI=1S/C18H24O2/c1-12(2)17(19)20-18(4,5)16-11-7-9-14-13(3)8-6-10-15(14)16/h6,8,10,16H,1,7,9,11H2,2-5H3. The number of esters is 1. The van der Waals surface area contributed by atoms with Crippen LogP contribution < -0.4 is 0 Å². The Morgan fingerprint density at radius 1 is 1.40 bits per heavy atom. The van der Waals surface area contributed by atoms with Gasteiger partial charge in [-0.1, -0.05) is 24.8 Å². The van der Waals surface area contributed by atoms with Crippen LogP contribution in [0.2, 0.25) is 0 Å². The number of benzene rings is 1. The zero-order valence-electron chi connectivity index (χ0n) is 13.0. The highest BCUT2D eigenvalue weighted by molar-refractivity contribution is 5.87. The van der Waals surface area contributed by atoms with Crippen LogP contribution in [0.25, 0.3) is 0 Å². The van der Waals surface area contributed by atoms with E-state index in [0.717, 1.165) is 19.3 Å². The molecule has 0 aliphatic heterocycles. The van der Waals surface area contributed by atoms with E-state index < -0.39 is 5.60 Å². The average molecular weight is 272 g/mol. The van der Waals surface area contributed by atoms with Crippen LogP contribution in [0.1, 0.15) is 56.2 Å². The number of carbonyl (C=O) groups is 1. The van der Waals surface area contributed by atoms with E-state index in [9.17, 15) is 4.79 Å². The Balaban J connectivity index is 2.33. The molecule has 1 aliphatic rings. The van der Waals surface area contributed by atoms with Gasteiger partial charge in [0.05, 0.1) is 0 Å². The van der Waals surface area contributed by atoms with Crippen molar-refractivity contribution in [3.05, 3.63) is 47.0 Å².